The van der Waals surface area contributed by atoms with Gasteiger partial charge in [0.25, 0.3) is 5.91 Å². The molecular formula is C12H11BrFN3O3S. The second kappa shape index (κ2) is 5.58. The van der Waals surface area contributed by atoms with Gasteiger partial charge in [0.1, 0.15) is 11.5 Å². The van der Waals surface area contributed by atoms with Crippen LogP contribution in [-0.4, -0.2) is 18.9 Å². The Bertz CT molecular complexity index is 817. The summed E-state index contributed by atoms with van der Waals surface area (Å²) in [5.74, 6) is -1.34. The van der Waals surface area contributed by atoms with Crippen LogP contribution in [0, 0.1) is 5.82 Å². The smallest absolute Gasteiger partial charge is 0.272 e. The number of amides is 1. The van der Waals surface area contributed by atoms with Crippen molar-refractivity contribution in [2.45, 2.75) is 4.90 Å². The second-order valence-corrected chi connectivity index (χ2v) is 6.77. The maximum absolute atomic E-state index is 13.7. The zero-order chi connectivity index (χ0) is 15.8. The molecule has 0 unspecified atom stereocenters. The molecule has 0 saturated heterocycles. The number of hydrogen-bond donors (Lipinski definition) is 2. The number of rotatable bonds is 3. The van der Waals surface area contributed by atoms with E-state index < -0.39 is 21.7 Å². The van der Waals surface area contributed by atoms with Crippen LogP contribution < -0.4 is 10.5 Å². The third-order valence-corrected chi connectivity index (χ3v) is 4.06. The standard InChI is InChI=1S/C12H11BrFN3O3S/c1-17-6-7(13)4-11(17)12(18)16-10-5-8(21(15,19)20)2-3-9(10)14/h2-6H,1H3,(H,16,18)(H2,15,19,20). The quantitative estimate of drug-likeness (QED) is 0.856. The minimum Gasteiger partial charge on any atom is -0.345 e. The molecule has 2 rings (SSSR count). The summed E-state index contributed by atoms with van der Waals surface area (Å²) in [4.78, 5) is 11.8. The first-order valence-electron chi connectivity index (χ1n) is 5.64. The number of aromatic nitrogens is 1. The SMILES string of the molecule is Cn1cc(Br)cc1C(=O)Nc1cc(S(N)(=O)=O)ccc1F. The van der Waals surface area contributed by atoms with Crippen molar-refractivity contribution in [1.29, 1.82) is 0 Å². The minimum absolute atomic E-state index is 0.260. The topological polar surface area (TPSA) is 94.2 Å². The number of benzene rings is 1. The summed E-state index contributed by atoms with van der Waals surface area (Å²) in [6.07, 6.45) is 1.66. The first-order valence-corrected chi connectivity index (χ1v) is 7.98. The lowest BCUT2D eigenvalue weighted by atomic mass is 10.3. The van der Waals surface area contributed by atoms with Crippen molar-refractivity contribution in [3.05, 3.63) is 46.4 Å². The fraction of sp³-hybridized carbons (Fsp3) is 0.0833. The number of nitrogens with zero attached hydrogens (tertiary/aromatic N) is 1. The van der Waals surface area contributed by atoms with Crippen LogP contribution in [0.3, 0.4) is 0 Å². The lowest BCUT2D eigenvalue weighted by molar-refractivity contribution is 0.101. The molecule has 0 aliphatic heterocycles. The Kier molecular flexibility index (Phi) is 4.17. The van der Waals surface area contributed by atoms with Gasteiger partial charge >= 0.3 is 0 Å². The molecule has 9 heteroatoms. The maximum atomic E-state index is 13.7. The Morgan fingerprint density at radius 3 is 2.57 bits per heavy atom. The Balaban J connectivity index is 2.35. The van der Waals surface area contributed by atoms with Crippen LogP contribution in [0.1, 0.15) is 10.5 Å². The summed E-state index contributed by atoms with van der Waals surface area (Å²) in [7, 11) is -2.33. The first-order chi connectivity index (χ1) is 9.68. The van der Waals surface area contributed by atoms with Gasteiger partial charge in [0.2, 0.25) is 10.0 Å². The number of aryl methyl sites for hydroxylation is 1. The van der Waals surface area contributed by atoms with Crippen molar-refractivity contribution in [3.8, 4) is 0 Å². The highest BCUT2D eigenvalue weighted by atomic mass is 79.9. The number of primary sulfonamides is 1. The predicted octanol–water partition coefficient (Wildman–Crippen LogP) is 1.83. The van der Waals surface area contributed by atoms with E-state index in [0.29, 0.717) is 4.47 Å². The van der Waals surface area contributed by atoms with E-state index in [9.17, 15) is 17.6 Å². The predicted molar refractivity (Wildman–Crippen MR) is 78.8 cm³/mol. The van der Waals surface area contributed by atoms with Gasteiger partial charge in [0, 0.05) is 17.7 Å². The highest BCUT2D eigenvalue weighted by molar-refractivity contribution is 9.10. The molecule has 3 N–H and O–H groups in total. The molecule has 1 aromatic heterocycles. The summed E-state index contributed by atoms with van der Waals surface area (Å²) in [6.45, 7) is 0. The first kappa shape index (κ1) is 15.7. The molecule has 2 aromatic rings. The van der Waals surface area contributed by atoms with Gasteiger partial charge < -0.3 is 9.88 Å². The Hall–Kier alpha value is -1.71. The van der Waals surface area contributed by atoms with Crippen LogP contribution in [-0.2, 0) is 17.1 Å². The number of nitrogens with one attached hydrogen (secondary N) is 1. The fourth-order valence-electron chi connectivity index (χ4n) is 1.71. The molecule has 112 valence electrons. The van der Waals surface area contributed by atoms with Crippen LogP contribution in [0.2, 0.25) is 0 Å². The molecule has 0 spiro atoms. The van der Waals surface area contributed by atoms with Gasteiger partial charge in [-0.1, -0.05) is 0 Å². The van der Waals surface area contributed by atoms with E-state index in [4.69, 9.17) is 5.14 Å². The van der Waals surface area contributed by atoms with Gasteiger partial charge in [0.15, 0.2) is 0 Å². The van der Waals surface area contributed by atoms with E-state index in [1.54, 1.807) is 23.9 Å². The largest absolute Gasteiger partial charge is 0.345 e. The zero-order valence-corrected chi connectivity index (χ0v) is 13.2. The van der Waals surface area contributed by atoms with Crippen LogP contribution >= 0.6 is 15.9 Å². The Morgan fingerprint density at radius 1 is 1.38 bits per heavy atom. The van der Waals surface area contributed by atoms with Gasteiger partial charge in [0.05, 0.1) is 10.6 Å². The Morgan fingerprint density at radius 2 is 2.05 bits per heavy atom. The highest BCUT2D eigenvalue weighted by Gasteiger charge is 2.16. The molecule has 0 bridgehead atoms. The van der Waals surface area contributed by atoms with Gasteiger partial charge in [-0.25, -0.2) is 17.9 Å². The van der Waals surface area contributed by atoms with Crippen molar-refractivity contribution >= 4 is 37.5 Å². The minimum atomic E-state index is -3.98. The van der Waals surface area contributed by atoms with Gasteiger partial charge in [-0.05, 0) is 40.2 Å². The Labute approximate surface area is 128 Å². The van der Waals surface area contributed by atoms with E-state index in [2.05, 4.69) is 21.2 Å². The van der Waals surface area contributed by atoms with Gasteiger partial charge in [-0.2, -0.15) is 0 Å². The third kappa shape index (κ3) is 3.49. The van der Waals surface area contributed by atoms with Gasteiger partial charge in [-0.3, -0.25) is 4.79 Å². The van der Waals surface area contributed by atoms with E-state index in [-0.39, 0.29) is 16.3 Å². The third-order valence-electron chi connectivity index (χ3n) is 2.72. The lowest BCUT2D eigenvalue weighted by Gasteiger charge is -2.08. The average Bonchev–Trinajstić information content (AvgIpc) is 2.70. The summed E-state index contributed by atoms with van der Waals surface area (Å²) in [5.41, 5.74) is 0.0196. The molecule has 0 saturated carbocycles. The number of nitrogens with two attached hydrogens (primary N) is 1. The number of hydrogen-bond acceptors (Lipinski definition) is 3. The maximum Gasteiger partial charge on any atom is 0.272 e. The second-order valence-electron chi connectivity index (χ2n) is 4.30. The fourth-order valence-corrected chi connectivity index (χ4v) is 2.78. The number of halogens is 2. The molecule has 21 heavy (non-hydrogen) atoms. The van der Waals surface area contributed by atoms with Crippen molar-refractivity contribution < 1.29 is 17.6 Å². The van der Waals surface area contributed by atoms with Crippen molar-refractivity contribution in [2.24, 2.45) is 12.2 Å². The van der Waals surface area contributed by atoms with Crippen LogP contribution in [0.15, 0.2) is 39.8 Å². The van der Waals surface area contributed by atoms with Crippen LogP contribution in [0.25, 0.3) is 0 Å². The highest BCUT2D eigenvalue weighted by Crippen LogP contribution is 2.20. The number of carbonyl (C=O) groups is 1. The lowest BCUT2D eigenvalue weighted by Crippen LogP contribution is -2.17. The van der Waals surface area contributed by atoms with E-state index in [1.807, 2.05) is 0 Å². The summed E-state index contributed by atoms with van der Waals surface area (Å²) in [5, 5.41) is 7.29. The number of sulfonamides is 1. The van der Waals surface area contributed by atoms with Crippen molar-refractivity contribution in [1.82, 2.24) is 4.57 Å². The summed E-state index contributed by atoms with van der Waals surface area (Å²) in [6, 6.07) is 4.48. The molecule has 0 aliphatic carbocycles. The van der Waals surface area contributed by atoms with E-state index in [0.717, 1.165) is 18.2 Å². The van der Waals surface area contributed by atoms with E-state index in [1.165, 1.54) is 0 Å². The van der Waals surface area contributed by atoms with Crippen LogP contribution in [0.5, 0.6) is 0 Å². The van der Waals surface area contributed by atoms with Gasteiger partial charge in [-0.15, -0.1) is 0 Å². The van der Waals surface area contributed by atoms with Crippen molar-refractivity contribution in [2.75, 3.05) is 5.32 Å². The molecular weight excluding hydrogens is 365 g/mol. The average molecular weight is 376 g/mol. The molecule has 1 amide bonds. The normalized spacial score (nSPS) is 11.4. The molecule has 1 heterocycles. The number of carbonyl (C=O) groups excluding carboxylic acids is 1. The molecule has 0 radical (unpaired) electrons. The van der Waals surface area contributed by atoms with E-state index >= 15 is 0 Å². The molecule has 1 aromatic carbocycles. The zero-order valence-electron chi connectivity index (χ0n) is 10.8. The monoisotopic (exact) mass is 375 g/mol. The molecule has 0 atom stereocenters. The number of anilines is 1. The molecule has 0 aliphatic rings. The summed E-state index contributed by atoms with van der Waals surface area (Å²) < 4.78 is 38.4. The molecule has 0 fully saturated rings. The van der Waals surface area contributed by atoms with Crippen LogP contribution in [0.4, 0.5) is 10.1 Å². The van der Waals surface area contributed by atoms with Crippen molar-refractivity contribution in [3.63, 3.8) is 0 Å². The molecule has 6 nitrogen and oxygen atoms in total. The summed E-state index contributed by atoms with van der Waals surface area (Å²) >= 11 is 3.22.